The van der Waals surface area contributed by atoms with Gasteiger partial charge in [0, 0.05) is 26.1 Å². The van der Waals surface area contributed by atoms with Crippen molar-refractivity contribution in [2.45, 2.75) is 57.0 Å². The molecule has 1 saturated carbocycles. The van der Waals surface area contributed by atoms with Crippen LogP contribution in [0.25, 0.3) is 0 Å². The molecule has 1 spiro atoms. The van der Waals surface area contributed by atoms with E-state index in [0.717, 1.165) is 45.1 Å². The zero-order chi connectivity index (χ0) is 15.3. The molecule has 6 nitrogen and oxygen atoms in total. The van der Waals surface area contributed by atoms with Crippen molar-refractivity contribution in [2.75, 3.05) is 13.1 Å². The molecular formula is C16H21N3O3. The molecule has 2 aliphatic heterocycles. The predicted molar refractivity (Wildman–Crippen MR) is 78.2 cm³/mol. The van der Waals surface area contributed by atoms with E-state index in [4.69, 9.17) is 4.42 Å². The highest BCUT2D eigenvalue weighted by atomic mass is 16.3. The fourth-order valence-electron chi connectivity index (χ4n) is 4.01. The highest BCUT2D eigenvalue weighted by Crippen LogP contribution is 2.42. The summed E-state index contributed by atoms with van der Waals surface area (Å²) in [7, 11) is 0. The molecule has 1 atom stereocenters. The van der Waals surface area contributed by atoms with E-state index in [0.29, 0.717) is 24.2 Å². The lowest BCUT2D eigenvalue weighted by atomic mass is 9.85. The molecule has 1 aromatic heterocycles. The van der Waals surface area contributed by atoms with Crippen molar-refractivity contribution in [3.05, 3.63) is 17.8 Å². The highest BCUT2D eigenvalue weighted by Gasteiger charge is 2.55. The smallest absolute Gasteiger partial charge is 0.276 e. The number of likely N-dealkylation sites (tertiary alicyclic amines) is 2. The number of aromatic nitrogens is 1. The van der Waals surface area contributed by atoms with Crippen LogP contribution in [-0.4, -0.2) is 51.3 Å². The van der Waals surface area contributed by atoms with Gasteiger partial charge in [-0.2, -0.15) is 0 Å². The van der Waals surface area contributed by atoms with Crippen LogP contribution in [0.2, 0.25) is 0 Å². The van der Waals surface area contributed by atoms with Gasteiger partial charge in [-0.25, -0.2) is 4.98 Å². The predicted octanol–water partition coefficient (Wildman–Crippen LogP) is 1.74. The molecule has 22 heavy (non-hydrogen) atoms. The van der Waals surface area contributed by atoms with Gasteiger partial charge in [0.05, 0.1) is 0 Å². The van der Waals surface area contributed by atoms with Gasteiger partial charge in [-0.05, 0) is 38.5 Å². The van der Waals surface area contributed by atoms with Gasteiger partial charge in [-0.1, -0.05) is 0 Å². The number of aryl methyl sites for hydroxylation is 1. The molecule has 3 aliphatic rings. The first kappa shape index (κ1) is 13.8. The Balaban J connectivity index is 1.64. The Labute approximate surface area is 129 Å². The maximum absolute atomic E-state index is 13.1. The number of piperidine rings is 1. The molecule has 0 N–H and O–H groups in total. The van der Waals surface area contributed by atoms with E-state index in [1.807, 2.05) is 4.90 Å². The van der Waals surface area contributed by atoms with E-state index in [9.17, 15) is 9.59 Å². The number of amides is 2. The summed E-state index contributed by atoms with van der Waals surface area (Å²) in [6, 6.07) is 0.413. The number of hydrogen-bond donors (Lipinski definition) is 0. The first-order valence-electron chi connectivity index (χ1n) is 8.17. The molecule has 0 radical (unpaired) electrons. The van der Waals surface area contributed by atoms with Crippen molar-refractivity contribution >= 4 is 11.8 Å². The Hall–Kier alpha value is -1.85. The first-order valence-corrected chi connectivity index (χ1v) is 8.17. The fraction of sp³-hybridized carbons (Fsp3) is 0.688. The van der Waals surface area contributed by atoms with Gasteiger partial charge in [0.25, 0.3) is 5.91 Å². The summed E-state index contributed by atoms with van der Waals surface area (Å²) in [5.74, 6) is 0.471. The van der Waals surface area contributed by atoms with Crippen LogP contribution in [-0.2, 0) is 4.79 Å². The molecule has 3 fully saturated rings. The molecular weight excluding hydrogens is 282 g/mol. The molecule has 118 valence electrons. The Bertz CT molecular complexity index is 622. The van der Waals surface area contributed by atoms with Crippen molar-refractivity contribution in [3.8, 4) is 0 Å². The monoisotopic (exact) mass is 303 g/mol. The van der Waals surface area contributed by atoms with Crippen molar-refractivity contribution in [1.82, 2.24) is 14.8 Å². The van der Waals surface area contributed by atoms with Crippen LogP contribution in [0.15, 0.2) is 10.7 Å². The summed E-state index contributed by atoms with van der Waals surface area (Å²) in [6.45, 7) is 3.20. The van der Waals surface area contributed by atoms with Crippen LogP contribution >= 0.6 is 0 Å². The summed E-state index contributed by atoms with van der Waals surface area (Å²) < 4.78 is 5.16. The summed E-state index contributed by atoms with van der Waals surface area (Å²) in [4.78, 5) is 33.8. The van der Waals surface area contributed by atoms with Crippen LogP contribution in [0.4, 0.5) is 0 Å². The molecule has 0 aromatic carbocycles. The lowest BCUT2D eigenvalue weighted by Gasteiger charge is -2.44. The second-order valence-corrected chi connectivity index (χ2v) is 6.68. The van der Waals surface area contributed by atoms with Gasteiger partial charge in [-0.15, -0.1) is 0 Å². The van der Waals surface area contributed by atoms with Crippen LogP contribution in [0.3, 0.4) is 0 Å². The van der Waals surface area contributed by atoms with Crippen molar-refractivity contribution in [2.24, 2.45) is 0 Å². The normalized spacial score (nSPS) is 28.7. The van der Waals surface area contributed by atoms with Gasteiger partial charge >= 0.3 is 0 Å². The molecule has 4 rings (SSSR count). The summed E-state index contributed by atoms with van der Waals surface area (Å²) in [6.07, 6.45) is 7.03. The van der Waals surface area contributed by atoms with Crippen LogP contribution < -0.4 is 0 Å². The van der Waals surface area contributed by atoms with E-state index in [2.05, 4.69) is 4.98 Å². The summed E-state index contributed by atoms with van der Waals surface area (Å²) in [5, 5.41) is 0. The number of hydrogen-bond acceptors (Lipinski definition) is 4. The minimum Gasteiger partial charge on any atom is -0.448 e. The van der Waals surface area contributed by atoms with Gasteiger partial charge < -0.3 is 14.2 Å². The summed E-state index contributed by atoms with van der Waals surface area (Å²) in [5.41, 5.74) is -0.319. The SMILES string of the molecule is Cc1nc(C(=O)N2CCCC23CCCN(C2CC2)C3=O)co1. The van der Waals surface area contributed by atoms with E-state index in [1.54, 1.807) is 11.8 Å². The van der Waals surface area contributed by atoms with Crippen LogP contribution in [0, 0.1) is 6.92 Å². The maximum Gasteiger partial charge on any atom is 0.276 e. The molecule has 2 saturated heterocycles. The molecule has 1 aliphatic carbocycles. The van der Waals surface area contributed by atoms with Crippen molar-refractivity contribution in [3.63, 3.8) is 0 Å². The van der Waals surface area contributed by atoms with Gasteiger partial charge in [0.2, 0.25) is 5.91 Å². The Morgan fingerprint density at radius 2 is 2.05 bits per heavy atom. The van der Waals surface area contributed by atoms with Crippen LogP contribution in [0.1, 0.15) is 54.9 Å². The highest BCUT2D eigenvalue weighted by molar-refractivity contribution is 5.98. The molecule has 6 heteroatoms. The van der Waals surface area contributed by atoms with Crippen LogP contribution in [0.5, 0.6) is 0 Å². The third kappa shape index (κ3) is 1.96. The standard InChI is InChI=1S/C16H21N3O3/c1-11-17-13(10-22-11)14(20)19-9-3-7-16(19)6-2-8-18(15(16)21)12-4-5-12/h10,12H,2-9H2,1H3. The Morgan fingerprint density at radius 3 is 2.68 bits per heavy atom. The van der Waals surface area contributed by atoms with E-state index >= 15 is 0 Å². The van der Waals surface area contributed by atoms with Crippen molar-refractivity contribution < 1.29 is 14.0 Å². The fourth-order valence-corrected chi connectivity index (χ4v) is 4.01. The third-order valence-electron chi connectivity index (χ3n) is 5.21. The number of carbonyl (C=O) groups is 2. The van der Waals surface area contributed by atoms with E-state index in [1.165, 1.54) is 6.26 Å². The molecule has 1 aromatic rings. The lowest BCUT2D eigenvalue weighted by Crippen LogP contribution is -2.61. The largest absolute Gasteiger partial charge is 0.448 e. The number of oxazole rings is 1. The minimum absolute atomic E-state index is 0.160. The summed E-state index contributed by atoms with van der Waals surface area (Å²) >= 11 is 0. The number of rotatable bonds is 2. The lowest BCUT2D eigenvalue weighted by molar-refractivity contribution is -0.146. The van der Waals surface area contributed by atoms with Gasteiger partial charge in [-0.3, -0.25) is 9.59 Å². The zero-order valence-corrected chi connectivity index (χ0v) is 12.9. The quantitative estimate of drug-likeness (QED) is 0.834. The topological polar surface area (TPSA) is 66.7 Å². The van der Waals surface area contributed by atoms with Gasteiger partial charge in [0.15, 0.2) is 11.6 Å². The third-order valence-corrected chi connectivity index (χ3v) is 5.21. The zero-order valence-electron chi connectivity index (χ0n) is 12.9. The first-order chi connectivity index (χ1) is 10.6. The number of carbonyl (C=O) groups excluding carboxylic acids is 2. The second-order valence-electron chi connectivity index (χ2n) is 6.68. The molecule has 1 unspecified atom stereocenters. The van der Waals surface area contributed by atoms with Gasteiger partial charge in [0.1, 0.15) is 11.8 Å². The van der Waals surface area contributed by atoms with Crippen molar-refractivity contribution in [1.29, 1.82) is 0 Å². The molecule has 0 bridgehead atoms. The molecule has 2 amide bonds. The number of nitrogens with zero attached hydrogens (tertiary/aromatic N) is 3. The Kier molecular flexibility index (Phi) is 3.03. The van der Waals surface area contributed by atoms with E-state index < -0.39 is 5.54 Å². The second kappa shape index (κ2) is 4.83. The average Bonchev–Trinajstić information content (AvgIpc) is 3.12. The maximum atomic E-state index is 13.1. The average molecular weight is 303 g/mol. The molecule has 3 heterocycles. The van der Waals surface area contributed by atoms with E-state index in [-0.39, 0.29) is 11.8 Å². The minimum atomic E-state index is -0.634. The Morgan fingerprint density at radius 1 is 1.32 bits per heavy atom.